The summed E-state index contributed by atoms with van der Waals surface area (Å²) in [6, 6.07) is 0. The molecule has 0 spiro atoms. The molecule has 0 bridgehead atoms. The number of nitrogens with one attached hydrogen (secondary N) is 1. The molecule has 0 saturated carbocycles. The number of thiazole rings is 1. The van der Waals surface area contributed by atoms with Gasteiger partial charge in [0.25, 0.3) is 0 Å². The molecular weight excluding hydrogens is 224 g/mol. The van der Waals surface area contributed by atoms with Crippen molar-refractivity contribution in [3.8, 4) is 0 Å². The van der Waals surface area contributed by atoms with Crippen LogP contribution in [-0.4, -0.2) is 22.6 Å². The molecule has 1 aromatic heterocycles. The Kier molecular flexibility index (Phi) is 5.81. The molecule has 0 fully saturated rings. The zero-order valence-corrected chi connectivity index (χ0v) is 10.3. The Morgan fingerprint density at radius 2 is 2.44 bits per heavy atom. The highest BCUT2D eigenvalue weighted by Crippen LogP contribution is 2.07. The molecule has 0 aliphatic carbocycles. The van der Waals surface area contributed by atoms with Crippen LogP contribution in [0.15, 0.2) is 10.5 Å². The number of rotatable bonds is 7. The number of aromatic nitrogens is 1. The van der Waals surface area contributed by atoms with E-state index in [9.17, 15) is 0 Å². The number of aryl methyl sites for hydroxylation is 1. The van der Waals surface area contributed by atoms with Crippen LogP contribution in [0.4, 0.5) is 0 Å². The molecule has 4 N–H and O–H groups in total. The van der Waals surface area contributed by atoms with Crippen LogP contribution in [0.1, 0.15) is 30.0 Å². The van der Waals surface area contributed by atoms with E-state index in [-0.39, 0.29) is 0 Å². The maximum absolute atomic E-state index is 8.33. The molecule has 0 radical (unpaired) electrons. The maximum atomic E-state index is 8.33. The summed E-state index contributed by atoms with van der Waals surface area (Å²) in [5.74, 6) is 0.301. The molecule has 0 aliphatic rings. The Morgan fingerprint density at radius 3 is 3.06 bits per heavy atom. The summed E-state index contributed by atoms with van der Waals surface area (Å²) in [6.45, 7) is 3.75. The molecule has 90 valence electrons. The Balaban J connectivity index is 2.00. The SMILES string of the molecule is Cc1csc(CNCCCCC(N)=NO)n1. The lowest BCUT2D eigenvalue weighted by molar-refractivity contribution is 0.316. The minimum atomic E-state index is 0.301. The number of unbranched alkanes of at least 4 members (excludes halogenated alkanes) is 1. The van der Waals surface area contributed by atoms with E-state index in [1.807, 2.05) is 6.92 Å². The fraction of sp³-hybridized carbons (Fsp3) is 0.600. The van der Waals surface area contributed by atoms with E-state index in [1.54, 1.807) is 11.3 Å². The Bertz CT molecular complexity index is 337. The number of nitrogens with zero attached hydrogens (tertiary/aromatic N) is 2. The molecule has 0 saturated heterocycles. The van der Waals surface area contributed by atoms with Gasteiger partial charge in [0.05, 0.1) is 0 Å². The van der Waals surface area contributed by atoms with Crippen molar-refractivity contribution in [1.29, 1.82) is 0 Å². The normalized spacial score (nSPS) is 11.9. The summed E-state index contributed by atoms with van der Waals surface area (Å²) in [4.78, 5) is 4.35. The van der Waals surface area contributed by atoms with Crippen molar-refractivity contribution in [3.63, 3.8) is 0 Å². The summed E-state index contributed by atoms with van der Waals surface area (Å²) in [5, 5.41) is 17.7. The van der Waals surface area contributed by atoms with Crippen molar-refractivity contribution in [1.82, 2.24) is 10.3 Å². The Labute approximate surface area is 99.4 Å². The third-order valence-corrected chi connectivity index (χ3v) is 3.07. The van der Waals surface area contributed by atoms with Gasteiger partial charge in [-0.05, 0) is 26.3 Å². The van der Waals surface area contributed by atoms with Crippen molar-refractivity contribution in [2.75, 3.05) is 6.54 Å². The van der Waals surface area contributed by atoms with Gasteiger partial charge in [-0.3, -0.25) is 0 Å². The van der Waals surface area contributed by atoms with Crippen LogP contribution in [0.25, 0.3) is 0 Å². The summed E-state index contributed by atoms with van der Waals surface area (Å²) in [5.41, 5.74) is 6.43. The fourth-order valence-corrected chi connectivity index (χ4v) is 2.03. The Morgan fingerprint density at radius 1 is 1.62 bits per heavy atom. The molecule has 0 aliphatic heterocycles. The minimum Gasteiger partial charge on any atom is -0.409 e. The lowest BCUT2D eigenvalue weighted by atomic mass is 10.2. The van der Waals surface area contributed by atoms with E-state index >= 15 is 0 Å². The summed E-state index contributed by atoms with van der Waals surface area (Å²) < 4.78 is 0. The fourth-order valence-electron chi connectivity index (χ4n) is 1.29. The maximum Gasteiger partial charge on any atom is 0.139 e. The number of hydrogen-bond donors (Lipinski definition) is 3. The molecule has 6 heteroatoms. The van der Waals surface area contributed by atoms with Crippen molar-refractivity contribution < 1.29 is 5.21 Å². The first-order chi connectivity index (χ1) is 7.72. The smallest absolute Gasteiger partial charge is 0.139 e. The molecule has 5 nitrogen and oxygen atoms in total. The van der Waals surface area contributed by atoms with Crippen LogP contribution in [0.5, 0.6) is 0 Å². The van der Waals surface area contributed by atoms with E-state index in [1.165, 1.54) is 0 Å². The third kappa shape index (κ3) is 5.09. The average Bonchev–Trinajstić information content (AvgIpc) is 2.69. The molecule has 0 atom stereocenters. The monoisotopic (exact) mass is 242 g/mol. The average molecular weight is 242 g/mol. The van der Waals surface area contributed by atoms with E-state index in [4.69, 9.17) is 10.9 Å². The lowest BCUT2D eigenvalue weighted by Crippen LogP contribution is -2.16. The van der Waals surface area contributed by atoms with Crippen LogP contribution in [-0.2, 0) is 6.54 Å². The quantitative estimate of drug-likeness (QED) is 0.222. The summed E-state index contributed by atoms with van der Waals surface area (Å²) >= 11 is 1.68. The van der Waals surface area contributed by atoms with Crippen LogP contribution in [0.3, 0.4) is 0 Å². The number of amidine groups is 1. The van der Waals surface area contributed by atoms with Gasteiger partial charge >= 0.3 is 0 Å². The van der Waals surface area contributed by atoms with Crippen molar-refractivity contribution in [2.24, 2.45) is 10.9 Å². The molecule has 16 heavy (non-hydrogen) atoms. The van der Waals surface area contributed by atoms with Gasteiger partial charge in [0.15, 0.2) is 0 Å². The minimum absolute atomic E-state index is 0.301. The third-order valence-electron chi connectivity index (χ3n) is 2.11. The van der Waals surface area contributed by atoms with Crippen LogP contribution >= 0.6 is 11.3 Å². The van der Waals surface area contributed by atoms with Crippen molar-refractivity contribution in [3.05, 3.63) is 16.1 Å². The van der Waals surface area contributed by atoms with Gasteiger partial charge in [0, 0.05) is 24.0 Å². The van der Waals surface area contributed by atoms with Crippen LogP contribution < -0.4 is 11.1 Å². The largest absolute Gasteiger partial charge is 0.409 e. The van der Waals surface area contributed by atoms with E-state index in [0.717, 1.165) is 36.6 Å². The predicted molar refractivity (Wildman–Crippen MR) is 65.8 cm³/mol. The second-order valence-corrected chi connectivity index (χ2v) is 4.55. The number of nitrogens with two attached hydrogens (primary N) is 1. The topological polar surface area (TPSA) is 83.5 Å². The first kappa shape index (κ1) is 12.9. The summed E-state index contributed by atoms with van der Waals surface area (Å²) in [6.07, 6.45) is 2.59. The van der Waals surface area contributed by atoms with Gasteiger partial charge in [0.2, 0.25) is 0 Å². The molecule has 0 unspecified atom stereocenters. The van der Waals surface area contributed by atoms with E-state index < -0.39 is 0 Å². The standard InChI is InChI=1S/C10H18N4OS/c1-8-7-16-10(13-8)6-12-5-3-2-4-9(11)14-15/h7,12,15H,2-6H2,1H3,(H2,11,14). The molecule has 0 aromatic carbocycles. The number of hydrogen-bond acceptors (Lipinski definition) is 5. The number of oxime groups is 1. The Hall–Kier alpha value is -1.14. The van der Waals surface area contributed by atoms with Gasteiger partial charge in [-0.2, -0.15) is 0 Å². The first-order valence-corrected chi connectivity index (χ1v) is 6.18. The lowest BCUT2D eigenvalue weighted by Gasteiger charge is -2.02. The molecular formula is C10H18N4OS. The van der Waals surface area contributed by atoms with E-state index in [2.05, 4.69) is 20.8 Å². The summed E-state index contributed by atoms with van der Waals surface area (Å²) in [7, 11) is 0. The van der Waals surface area contributed by atoms with Crippen molar-refractivity contribution >= 4 is 17.2 Å². The predicted octanol–water partition coefficient (Wildman–Crippen LogP) is 1.46. The van der Waals surface area contributed by atoms with Crippen LogP contribution in [0.2, 0.25) is 0 Å². The van der Waals surface area contributed by atoms with Gasteiger partial charge in [0.1, 0.15) is 10.8 Å². The molecule has 1 rings (SSSR count). The van der Waals surface area contributed by atoms with Gasteiger partial charge < -0.3 is 16.3 Å². The second-order valence-electron chi connectivity index (χ2n) is 3.61. The van der Waals surface area contributed by atoms with Crippen molar-refractivity contribution in [2.45, 2.75) is 32.7 Å². The highest BCUT2D eigenvalue weighted by atomic mass is 32.1. The van der Waals surface area contributed by atoms with Crippen LogP contribution in [0, 0.1) is 6.92 Å². The second kappa shape index (κ2) is 7.19. The highest BCUT2D eigenvalue weighted by Gasteiger charge is 1.98. The molecule has 1 aromatic rings. The van der Waals surface area contributed by atoms with Gasteiger partial charge in [-0.1, -0.05) is 5.16 Å². The van der Waals surface area contributed by atoms with E-state index in [0.29, 0.717) is 12.3 Å². The molecule has 1 heterocycles. The zero-order valence-electron chi connectivity index (χ0n) is 9.44. The van der Waals surface area contributed by atoms with Gasteiger partial charge in [-0.25, -0.2) is 4.98 Å². The zero-order chi connectivity index (χ0) is 11.8. The highest BCUT2D eigenvalue weighted by molar-refractivity contribution is 7.09. The van der Waals surface area contributed by atoms with Gasteiger partial charge in [-0.15, -0.1) is 11.3 Å². The molecule has 0 amide bonds. The first-order valence-electron chi connectivity index (χ1n) is 5.30.